The topological polar surface area (TPSA) is 119 Å². The quantitative estimate of drug-likeness (QED) is 0.474. The number of halogens is 2. The number of nitrogens with one attached hydrogen (secondary N) is 1. The smallest absolute Gasteiger partial charge is 0.257 e. The van der Waals surface area contributed by atoms with Gasteiger partial charge in [-0.2, -0.15) is 5.10 Å². The van der Waals surface area contributed by atoms with Crippen molar-refractivity contribution in [2.24, 2.45) is 0 Å². The van der Waals surface area contributed by atoms with Crippen LogP contribution in [0.25, 0.3) is 16.7 Å². The summed E-state index contributed by atoms with van der Waals surface area (Å²) in [6.07, 6.45) is 1.29. The van der Waals surface area contributed by atoms with Gasteiger partial charge in [-0.15, -0.1) is 0 Å². The summed E-state index contributed by atoms with van der Waals surface area (Å²) >= 11 is 5.87. The minimum absolute atomic E-state index is 0.106. The zero-order valence-electron chi connectivity index (χ0n) is 14.8. The first-order valence-corrected chi connectivity index (χ1v) is 8.80. The van der Waals surface area contributed by atoms with Crippen LogP contribution in [0.1, 0.15) is 11.7 Å². The summed E-state index contributed by atoms with van der Waals surface area (Å²) in [5.74, 6) is -1.22. The maximum atomic E-state index is 14.7. The van der Waals surface area contributed by atoms with E-state index in [-0.39, 0.29) is 17.2 Å². The van der Waals surface area contributed by atoms with Crippen molar-refractivity contribution in [3.8, 4) is 5.69 Å². The number of aliphatic hydroxyl groups excluding tert-OH is 1. The molecule has 0 bridgehead atoms. The molecule has 0 saturated carbocycles. The van der Waals surface area contributed by atoms with Crippen LogP contribution >= 0.6 is 11.6 Å². The highest BCUT2D eigenvalue weighted by Crippen LogP contribution is 2.25. The van der Waals surface area contributed by atoms with Gasteiger partial charge in [0, 0.05) is 10.7 Å². The Kier molecular flexibility index (Phi) is 4.83. The van der Waals surface area contributed by atoms with Crippen LogP contribution in [0.2, 0.25) is 5.02 Å². The number of anilines is 2. The zero-order chi connectivity index (χ0) is 20.5. The first kappa shape index (κ1) is 18.8. The highest BCUT2D eigenvalue weighted by atomic mass is 35.5. The molecule has 4 N–H and O–H groups in total. The van der Waals surface area contributed by atoms with E-state index in [0.29, 0.717) is 21.6 Å². The molecule has 1 unspecified atom stereocenters. The summed E-state index contributed by atoms with van der Waals surface area (Å²) in [4.78, 5) is 20.2. The van der Waals surface area contributed by atoms with Crippen LogP contribution in [0.5, 0.6) is 0 Å². The molecule has 1 atom stereocenters. The number of benzene rings is 2. The number of carbonyl (C=O) groups is 1. The second kappa shape index (κ2) is 7.46. The van der Waals surface area contributed by atoms with E-state index in [1.165, 1.54) is 35.4 Å². The fourth-order valence-electron chi connectivity index (χ4n) is 2.87. The second-order valence-corrected chi connectivity index (χ2v) is 6.60. The summed E-state index contributed by atoms with van der Waals surface area (Å²) in [6.45, 7) is 0. The molecule has 2 aromatic carbocycles. The lowest BCUT2D eigenvalue weighted by Gasteiger charge is -2.13. The molecule has 0 aliphatic carbocycles. The van der Waals surface area contributed by atoms with E-state index in [2.05, 4.69) is 20.4 Å². The molecule has 146 valence electrons. The third-order valence-electron chi connectivity index (χ3n) is 4.24. The van der Waals surface area contributed by atoms with E-state index in [0.717, 1.165) is 6.07 Å². The van der Waals surface area contributed by atoms with Crippen molar-refractivity contribution >= 4 is 40.0 Å². The number of rotatable bonds is 4. The molecule has 4 aromatic rings. The average molecular weight is 413 g/mol. The average Bonchev–Trinajstić information content (AvgIpc) is 3.13. The van der Waals surface area contributed by atoms with Gasteiger partial charge < -0.3 is 16.2 Å². The van der Waals surface area contributed by atoms with Gasteiger partial charge in [0.25, 0.3) is 5.91 Å². The molecule has 0 fully saturated rings. The number of nitrogens with two attached hydrogens (primary N) is 1. The lowest BCUT2D eigenvalue weighted by atomic mass is 10.1. The Labute approximate surface area is 168 Å². The zero-order valence-corrected chi connectivity index (χ0v) is 15.5. The minimum Gasteiger partial charge on any atom is -0.382 e. The Morgan fingerprint density at radius 2 is 2.07 bits per heavy atom. The third kappa shape index (κ3) is 3.60. The van der Waals surface area contributed by atoms with Gasteiger partial charge in [-0.25, -0.2) is 19.0 Å². The molecule has 0 radical (unpaired) electrons. The lowest BCUT2D eigenvalue weighted by molar-refractivity contribution is -0.124. The highest BCUT2D eigenvalue weighted by molar-refractivity contribution is 6.30. The normalized spacial score (nSPS) is 12.1. The van der Waals surface area contributed by atoms with Gasteiger partial charge in [0.2, 0.25) is 0 Å². The van der Waals surface area contributed by atoms with Crippen LogP contribution in [-0.2, 0) is 4.79 Å². The lowest BCUT2D eigenvalue weighted by Crippen LogP contribution is -2.21. The van der Waals surface area contributed by atoms with Crippen LogP contribution in [-0.4, -0.2) is 30.8 Å². The molecule has 2 aromatic heterocycles. The SMILES string of the molecule is Nc1ncnc2cnn(-c3ccc(NC(=O)C(O)c4cccc(Cl)c4)cc3F)c12. The number of hydrogen-bond donors (Lipinski definition) is 3. The van der Waals surface area contributed by atoms with Crippen molar-refractivity contribution in [3.05, 3.63) is 71.4 Å². The summed E-state index contributed by atoms with van der Waals surface area (Å²) in [5, 5.41) is 17.2. The molecular weight excluding hydrogens is 399 g/mol. The second-order valence-electron chi connectivity index (χ2n) is 6.16. The van der Waals surface area contributed by atoms with Crippen LogP contribution in [0.3, 0.4) is 0 Å². The Morgan fingerprint density at radius 1 is 1.24 bits per heavy atom. The molecule has 1 amide bonds. The monoisotopic (exact) mass is 412 g/mol. The summed E-state index contributed by atoms with van der Waals surface area (Å²) in [7, 11) is 0. The largest absolute Gasteiger partial charge is 0.382 e. The van der Waals surface area contributed by atoms with Gasteiger partial charge >= 0.3 is 0 Å². The van der Waals surface area contributed by atoms with Gasteiger partial charge in [-0.1, -0.05) is 23.7 Å². The predicted molar refractivity (Wildman–Crippen MR) is 106 cm³/mol. The van der Waals surface area contributed by atoms with Crippen LogP contribution in [0.15, 0.2) is 55.0 Å². The number of amides is 1. The van der Waals surface area contributed by atoms with Crippen LogP contribution < -0.4 is 11.1 Å². The molecule has 4 rings (SSSR count). The fourth-order valence-corrected chi connectivity index (χ4v) is 3.06. The first-order valence-electron chi connectivity index (χ1n) is 8.42. The molecule has 0 saturated heterocycles. The van der Waals surface area contributed by atoms with Crippen molar-refractivity contribution in [3.63, 3.8) is 0 Å². The van der Waals surface area contributed by atoms with E-state index in [9.17, 15) is 14.3 Å². The summed E-state index contributed by atoms with van der Waals surface area (Å²) in [6, 6.07) is 10.3. The van der Waals surface area contributed by atoms with E-state index < -0.39 is 17.8 Å². The Morgan fingerprint density at radius 3 is 2.83 bits per heavy atom. The van der Waals surface area contributed by atoms with Crippen molar-refractivity contribution < 1.29 is 14.3 Å². The predicted octanol–water partition coefficient (Wildman–Crippen LogP) is 2.86. The van der Waals surface area contributed by atoms with Crippen molar-refractivity contribution in [1.29, 1.82) is 0 Å². The Bertz CT molecular complexity index is 1230. The standard InChI is InChI=1S/C19H14ClFN6O2/c20-11-3-1-2-10(6-11)17(28)19(29)26-12-4-5-15(13(21)7-12)27-16-14(8-25-27)23-9-24-18(16)22/h1-9,17,28H,(H,26,29)(H2,22,23,24). The minimum atomic E-state index is -1.46. The van der Waals surface area contributed by atoms with E-state index in [1.54, 1.807) is 18.2 Å². The number of fused-ring (bicyclic) bond motifs is 1. The maximum Gasteiger partial charge on any atom is 0.257 e. The summed E-state index contributed by atoms with van der Waals surface area (Å²) in [5.41, 5.74) is 7.30. The van der Waals surface area contributed by atoms with E-state index >= 15 is 0 Å². The molecule has 0 aliphatic rings. The number of nitrogens with zero attached hydrogens (tertiary/aromatic N) is 4. The van der Waals surface area contributed by atoms with Crippen molar-refractivity contribution in [2.45, 2.75) is 6.10 Å². The molecule has 29 heavy (non-hydrogen) atoms. The molecule has 0 spiro atoms. The van der Waals surface area contributed by atoms with Crippen molar-refractivity contribution in [1.82, 2.24) is 19.7 Å². The molecule has 0 aliphatic heterocycles. The fraction of sp³-hybridized carbons (Fsp3) is 0.0526. The number of carbonyl (C=O) groups excluding carboxylic acids is 1. The number of hydrogen-bond acceptors (Lipinski definition) is 6. The van der Waals surface area contributed by atoms with Gasteiger partial charge in [0.15, 0.2) is 17.7 Å². The van der Waals surface area contributed by atoms with E-state index in [4.69, 9.17) is 17.3 Å². The van der Waals surface area contributed by atoms with Gasteiger partial charge in [0.1, 0.15) is 23.0 Å². The van der Waals surface area contributed by atoms with Crippen LogP contribution in [0.4, 0.5) is 15.9 Å². The van der Waals surface area contributed by atoms with E-state index in [1.807, 2.05) is 0 Å². The van der Waals surface area contributed by atoms with Crippen molar-refractivity contribution in [2.75, 3.05) is 11.1 Å². The number of aromatic nitrogens is 4. The molecular formula is C19H14ClFN6O2. The van der Waals surface area contributed by atoms with Gasteiger partial charge in [-0.3, -0.25) is 4.79 Å². The maximum absolute atomic E-state index is 14.7. The number of aliphatic hydroxyl groups is 1. The Hall–Kier alpha value is -3.56. The highest BCUT2D eigenvalue weighted by Gasteiger charge is 2.19. The number of nitrogen functional groups attached to an aromatic ring is 1. The summed E-state index contributed by atoms with van der Waals surface area (Å²) < 4.78 is 16.0. The Balaban J connectivity index is 1.60. The molecule has 8 nitrogen and oxygen atoms in total. The molecule has 10 heteroatoms. The third-order valence-corrected chi connectivity index (χ3v) is 4.48. The first-order chi connectivity index (χ1) is 13.9. The van der Waals surface area contributed by atoms with Crippen LogP contribution in [0, 0.1) is 5.82 Å². The van der Waals surface area contributed by atoms with Gasteiger partial charge in [-0.05, 0) is 35.9 Å². The van der Waals surface area contributed by atoms with Gasteiger partial charge in [0.05, 0.1) is 6.20 Å². The molecule has 2 heterocycles.